The molecular weight excluding hydrogens is 955 g/mol. The Morgan fingerprint density at radius 1 is 0.447 bits per heavy atom. The van der Waals surface area contributed by atoms with Crippen molar-refractivity contribution in [2.75, 3.05) is 13.2 Å². The number of unbranched alkanes of at least 4 members (excludes halogenated alkanes) is 44. The Balaban J connectivity index is 2.23. The van der Waals surface area contributed by atoms with Gasteiger partial charge in [-0.1, -0.05) is 302 Å². The van der Waals surface area contributed by atoms with Crippen LogP contribution in [0.2, 0.25) is 0 Å². The Hall–Kier alpha value is -1.15. The van der Waals surface area contributed by atoms with E-state index in [-0.39, 0.29) is 12.8 Å². The Kier molecular flexibility index (Phi) is 52.2. The summed E-state index contributed by atoms with van der Waals surface area (Å²) in [5, 5.41) is 76.3. The average molecular weight is 1080 g/mol. The molecule has 1 saturated heterocycles. The van der Waals surface area contributed by atoms with Crippen molar-refractivity contribution in [1.82, 2.24) is 5.32 Å². The summed E-state index contributed by atoms with van der Waals surface area (Å²) in [6.07, 6.45) is 54.3. The molecule has 0 saturated carbocycles. The third-order valence-electron chi connectivity index (χ3n) is 16.3. The zero-order valence-corrected chi connectivity index (χ0v) is 49.8. The molecule has 0 aromatic carbocycles. The molecule has 8 N–H and O–H groups in total. The third kappa shape index (κ3) is 41.8. The molecule has 9 atom stereocenters. The molecule has 1 fully saturated rings. The van der Waals surface area contributed by atoms with E-state index in [1.54, 1.807) is 0 Å². The number of hydrogen-bond acceptors (Lipinski definition) is 10. The van der Waals surface area contributed by atoms with Crippen LogP contribution in [0, 0.1) is 0 Å². The monoisotopic (exact) mass is 1080 g/mol. The SMILES string of the molecule is CCCCCCCCCCCCCCCCCC/C=C/CCCC(O)C(O)C(COC1OC(CO)C(O)C(O)C1O)NC(=O)C(O)CCCCCCCCCCCCCCCCCCCCCCCCCCCCCC. The Bertz CT molecular complexity index is 1240. The van der Waals surface area contributed by atoms with Crippen molar-refractivity contribution in [3.8, 4) is 0 Å². The highest BCUT2D eigenvalue weighted by molar-refractivity contribution is 5.80. The lowest BCUT2D eigenvalue weighted by atomic mass is 9.98. The number of hydrogen-bond donors (Lipinski definition) is 8. The predicted octanol–water partition coefficient (Wildman–Crippen LogP) is 15.1. The minimum atomic E-state index is -1.67. The lowest BCUT2D eigenvalue weighted by Crippen LogP contribution is -2.60. The van der Waals surface area contributed by atoms with Crippen LogP contribution in [0.4, 0.5) is 0 Å². The summed E-state index contributed by atoms with van der Waals surface area (Å²) in [5.41, 5.74) is 0. The van der Waals surface area contributed by atoms with Gasteiger partial charge in [-0.15, -0.1) is 0 Å². The molecule has 11 nitrogen and oxygen atoms in total. The molecule has 1 aliphatic rings. The zero-order valence-electron chi connectivity index (χ0n) is 49.8. The summed E-state index contributed by atoms with van der Waals surface area (Å²) >= 11 is 0. The molecule has 0 aliphatic carbocycles. The maximum atomic E-state index is 13.2. The molecule has 76 heavy (non-hydrogen) atoms. The van der Waals surface area contributed by atoms with Crippen molar-refractivity contribution in [2.24, 2.45) is 0 Å². The van der Waals surface area contributed by atoms with Gasteiger partial charge in [0, 0.05) is 0 Å². The fourth-order valence-electron chi connectivity index (χ4n) is 11.0. The molecule has 0 spiro atoms. The number of nitrogens with one attached hydrogen (secondary N) is 1. The van der Waals surface area contributed by atoms with Crippen LogP contribution in [0.25, 0.3) is 0 Å². The van der Waals surface area contributed by atoms with Gasteiger partial charge in [0.1, 0.15) is 36.6 Å². The van der Waals surface area contributed by atoms with Crippen LogP contribution >= 0.6 is 0 Å². The van der Waals surface area contributed by atoms with Crippen LogP contribution in [-0.4, -0.2) is 110 Å². The zero-order chi connectivity index (χ0) is 55.4. The van der Waals surface area contributed by atoms with E-state index in [0.29, 0.717) is 12.8 Å². The van der Waals surface area contributed by atoms with Gasteiger partial charge in [-0.3, -0.25) is 4.79 Å². The van der Waals surface area contributed by atoms with E-state index >= 15 is 0 Å². The maximum absolute atomic E-state index is 13.2. The summed E-state index contributed by atoms with van der Waals surface area (Å²) in [7, 11) is 0. The standard InChI is InChI=1S/C65H127NO10/c1-3-5-7-9-11-13-15-17-19-21-23-25-26-27-28-29-30-31-33-35-37-39-41-43-45-47-49-51-53-58(69)64(74)66-56(55-75-65-63(73)62(72)61(71)59(54-67)76-65)60(70)57(68)52-50-48-46-44-42-40-38-36-34-32-24-22-20-18-16-14-12-10-8-6-4-2/h44,46,56-63,65,67-73H,3-43,45,47-55H2,1-2H3,(H,66,74)/b46-44+. The van der Waals surface area contributed by atoms with Crippen LogP contribution in [0.3, 0.4) is 0 Å². The van der Waals surface area contributed by atoms with Gasteiger partial charge in [0.25, 0.3) is 0 Å². The smallest absolute Gasteiger partial charge is 0.249 e. The van der Waals surface area contributed by atoms with Crippen LogP contribution < -0.4 is 5.32 Å². The predicted molar refractivity (Wildman–Crippen MR) is 316 cm³/mol. The molecule has 0 aromatic heterocycles. The summed E-state index contributed by atoms with van der Waals surface area (Å²) in [5.74, 6) is -0.698. The highest BCUT2D eigenvalue weighted by Crippen LogP contribution is 2.24. The van der Waals surface area contributed by atoms with Crippen LogP contribution in [0.5, 0.6) is 0 Å². The Morgan fingerprint density at radius 2 is 0.776 bits per heavy atom. The van der Waals surface area contributed by atoms with E-state index in [2.05, 4.69) is 31.3 Å². The summed E-state index contributed by atoms with van der Waals surface area (Å²) in [6.45, 7) is 3.50. The molecule has 11 heteroatoms. The maximum Gasteiger partial charge on any atom is 0.249 e. The Morgan fingerprint density at radius 3 is 1.13 bits per heavy atom. The van der Waals surface area contributed by atoms with Crippen molar-refractivity contribution in [1.29, 1.82) is 0 Å². The minimum absolute atomic E-state index is 0.260. The second-order valence-electron chi connectivity index (χ2n) is 23.5. The van der Waals surface area contributed by atoms with Crippen LogP contribution in [0.15, 0.2) is 12.2 Å². The molecule has 1 amide bonds. The van der Waals surface area contributed by atoms with E-state index < -0.39 is 74.2 Å². The highest BCUT2D eigenvalue weighted by atomic mass is 16.7. The van der Waals surface area contributed by atoms with Gasteiger partial charge in [0.05, 0.1) is 25.4 Å². The fourth-order valence-corrected chi connectivity index (χ4v) is 11.0. The van der Waals surface area contributed by atoms with E-state index in [0.717, 1.165) is 38.5 Å². The second kappa shape index (κ2) is 54.4. The normalized spacial score (nSPS) is 19.6. The molecule has 1 heterocycles. The number of amides is 1. The number of allylic oxidation sites excluding steroid dienone is 2. The van der Waals surface area contributed by atoms with Crippen molar-refractivity contribution < 1.29 is 50.0 Å². The number of carbonyl (C=O) groups excluding carboxylic acids is 1. The van der Waals surface area contributed by atoms with Crippen LogP contribution in [0.1, 0.15) is 328 Å². The summed E-state index contributed by atoms with van der Waals surface area (Å²) < 4.78 is 11.2. The van der Waals surface area contributed by atoms with Gasteiger partial charge in [-0.05, 0) is 38.5 Å². The quantitative estimate of drug-likeness (QED) is 0.0215. The first-order valence-corrected chi connectivity index (χ1v) is 33.1. The lowest BCUT2D eigenvalue weighted by Gasteiger charge is -2.40. The third-order valence-corrected chi connectivity index (χ3v) is 16.3. The number of aliphatic hydroxyl groups is 7. The molecule has 0 radical (unpaired) electrons. The summed E-state index contributed by atoms with van der Waals surface area (Å²) in [6, 6.07) is -1.18. The molecule has 0 bridgehead atoms. The van der Waals surface area contributed by atoms with E-state index in [1.807, 2.05) is 0 Å². The molecule has 452 valence electrons. The van der Waals surface area contributed by atoms with Crippen molar-refractivity contribution in [3.63, 3.8) is 0 Å². The fraction of sp³-hybridized carbons (Fsp3) is 0.954. The van der Waals surface area contributed by atoms with Crippen molar-refractivity contribution in [2.45, 2.75) is 384 Å². The molecule has 1 rings (SSSR count). The molecule has 1 aliphatic heterocycles. The van der Waals surface area contributed by atoms with Gasteiger partial charge >= 0.3 is 0 Å². The van der Waals surface area contributed by atoms with Gasteiger partial charge < -0.3 is 50.5 Å². The lowest BCUT2D eigenvalue weighted by molar-refractivity contribution is -0.303. The average Bonchev–Trinajstić information content (AvgIpc) is 3.42. The minimum Gasteiger partial charge on any atom is -0.394 e. The number of aliphatic hydroxyl groups excluding tert-OH is 7. The Labute approximate surface area is 468 Å². The largest absolute Gasteiger partial charge is 0.394 e. The first-order chi connectivity index (χ1) is 37.2. The van der Waals surface area contributed by atoms with E-state index in [4.69, 9.17) is 9.47 Å². The first-order valence-electron chi connectivity index (χ1n) is 33.1. The van der Waals surface area contributed by atoms with Gasteiger partial charge in [-0.25, -0.2) is 0 Å². The molecule has 0 aromatic rings. The number of carbonyl (C=O) groups is 1. The van der Waals surface area contributed by atoms with Gasteiger partial charge in [-0.2, -0.15) is 0 Å². The van der Waals surface area contributed by atoms with E-state index in [9.17, 15) is 40.5 Å². The number of rotatable bonds is 58. The summed E-state index contributed by atoms with van der Waals surface area (Å²) in [4.78, 5) is 13.2. The van der Waals surface area contributed by atoms with Crippen molar-refractivity contribution >= 4 is 5.91 Å². The van der Waals surface area contributed by atoms with E-state index in [1.165, 1.54) is 250 Å². The topological polar surface area (TPSA) is 189 Å². The second-order valence-corrected chi connectivity index (χ2v) is 23.5. The highest BCUT2D eigenvalue weighted by Gasteiger charge is 2.44. The molecular formula is C65H127NO10. The first kappa shape index (κ1) is 72.9. The van der Waals surface area contributed by atoms with Gasteiger partial charge in [0.15, 0.2) is 6.29 Å². The molecule has 9 unspecified atom stereocenters. The number of ether oxygens (including phenoxy) is 2. The van der Waals surface area contributed by atoms with Crippen LogP contribution in [-0.2, 0) is 14.3 Å². The van der Waals surface area contributed by atoms with Crippen molar-refractivity contribution in [3.05, 3.63) is 12.2 Å². The van der Waals surface area contributed by atoms with Gasteiger partial charge in [0.2, 0.25) is 5.91 Å².